The summed E-state index contributed by atoms with van der Waals surface area (Å²) in [6.45, 7) is 1.58. The number of hydrogen-bond acceptors (Lipinski definition) is 3. The third kappa shape index (κ3) is 3.79. The maximum atomic E-state index is 13.7. The first-order valence-electron chi connectivity index (χ1n) is 8.13. The SMILES string of the molecule is COc1ccc(C(=O)Nc2ccc(C(=O)N3CCCC3)cc2)cc1F. The van der Waals surface area contributed by atoms with Gasteiger partial charge in [-0.05, 0) is 55.3 Å². The highest BCUT2D eigenvalue weighted by atomic mass is 19.1. The summed E-state index contributed by atoms with van der Waals surface area (Å²) in [7, 11) is 1.36. The van der Waals surface area contributed by atoms with Gasteiger partial charge in [0, 0.05) is 29.9 Å². The maximum absolute atomic E-state index is 13.7. The van der Waals surface area contributed by atoms with Crippen LogP contribution in [0.1, 0.15) is 33.6 Å². The second-order valence-electron chi connectivity index (χ2n) is 5.88. The van der Waals surface area contributed by atoms with Crippen LogP contribution < -0.4 is 10.1 Å². The van der Waals surface area contributed by atoms with Gasteiger partial charge >= 0.3 is 0 Å². The number of hydrogen-bond donors (Lipinski definition) is 1. The van der Waals surface area contributed by atoms with Gasteiger partial charge in [-0.1, -0.05) is 0 Å². The first-order valence-corrected chi connectivity index (χ1v) is 8.13. The van der Waals surface area contributed by atoms with Crippen LogP contribution in [-0.4, -0.2) is 36.9 Å². The van der Waals surface area contributed by atoms with Crippen LogP contribution in [0.15, 0.2) is 42.5 Å². The topological polar surface area (TPSA) is 58.6 Å². The van der Waals surface area contributed by atoms with Crippen LogP contribution in [0, 0.1) is 5.82 Å². The average Bonchev–Trinajstić information content (AvgIpc) is 3.16. The van der Waals surface area contributed by atoms with Crippen molar-refractivity contribution in [1.29, 1.82) is 0 Å². The molecule has 3 rings (SSSR count). The molecule has 2 aromatic carbocycles. The highest BCUT2D eigenvalue weighted by molar-refractivity contribution is 6.04. The lowest BCUT2D eigenvalue weighted by Gasteiger charge is -2.15. The standard InChI is InChI=1S/C19H19FN2O3/c1-25-17-9-6-14(12-16(17)20)18(23)21-15-7-4-13(5-8-15)19(24)22-10-2-3-11-22/h4-9,12H,2-3,10-11H2,1H3,(H,21,23). The summed E-state index contributed by atoms with van der Waals surface area (Å²) in [6, 6.07) is 10.7. The molecule has 0 bridgehead atoms. The molecule has 0 unspecified atom stereocenters. The first-order chi connectivity index (χ1) is 12.1. The normalized spacial score (nSPS) is 13.6. The zero-order valence-corrected chi connectivity index (χ0v) is 13.9. The second-order valence-corrected chi connectivity index (χ2v) is 5.88. The van der Waals surface area contributed by atoms with Crippen LogP contribution in [0.4, 0.5) is 10.1 Å². The van der Waals surface area contributed by atoms with Crippen molar-refractivity contribution >= 4 is 17.5 Å². The van der Waals surface area contributed by atoms with Gasteiger partial charge in [0.25, 0.3) is 11.8 Å². The van der Waals surface area contributed by atoms with Crippen LogP contribution >= 0.6 is 0 Å². The predicted octanol–water partition coefficient (Wildman–Crippen LogP) is 3.32. The molecule has 1 saturated heterocycles. The van der Waals surface area contributed by atoms with Crippen molar-refractivity contribution in [2.24, 2.45) is 0 Å². The van der Waals surface area contributed by atoms with Crippen molar-refractivity contribution in [3.63, 3.8) is 0 Å². The van der Waals surface area contributed by atoms with Crippen molar-refractivity contribution in [2.45, 2.75) is 12.8 Å². The molecule has 1 N–H and O–H groups in total. The third-order valence-corrected chi connectivity index (χ3v) is 4.20. The zero-order valence-electron chi connectivity index (χ0n) is 13.9. The number of carbonyl (C=O) groups is 2. The lowest BCUT2D eigenvalue weighted by atomic mass is 10.1. The van der Waals surface area contributed by atoms with Crippen LogP contribution in [0.3, 0.4) is 0 Å². The van der Waals surface area contributed by atoms with Crippen LogP contribution in [-0.2, 0) is 0 Å². The van der Waals surface area contributed by atoms with Crippen molar-refractivity contribution in [3.05, 3.63) is 59.4 Å². The number of likely N-dealkylation sites (tertiary alicyclic amines) is 1. The molecular formula is C19H19FN2O3. The summed E-state index contributed by atoms with van der Waals surface area (Å²) >= 11 is 0. The Morgan fingerprint density at radius 1 is 1.04 bits per heavy atom. The summed E-state index contributed by atoms with van der Waals surface area (Å²) in [6.07, 6.45) is 2.08. The fourth-order valence-electron chi connectivity index (χ4n) is 2.81. The van der Waals surface area contributed by atoms with E-state index in [1.165, 1.54) is 19.2 Å². The molecule has 1 aliphatic rings. The number of anilines is 1. The number of amides is 2. The highest BCUT2D eigenvalue weighted by Crippen LogP contribution is 2.19. The Balaban J connectivity index is 1.67. The van der Waals surface area contributed by atoms with E-state index < -0.39 is 11.7 Å². The van der Waals surface area contributed by atoms with Crippen molar-refractivity contribution in [2.75, 3.05) is 25.5 Å². The number of carbonyl (C=O) groups excluding carboxylic acids is 2. The van der Waals surface area contributed by atoms with E-state index in [1.54, 1.807) is 24.3 Å². The maximum Gasteiger partial charge on any atom is 0.255 e. The number of nitrogens with one attached hydrogen (secondary N) is 1. The molecule has 2 amide bonds. The lowest BCUT2D eigenvalue weighted by molar-refractivity contribution is 0.0792. The van der Waals surface area contributed by atoms with Crippen molar-refractivity contribution < 1.29 is 18.7 Å². The smallest absolute Gasteiger partial charge is 0.255 e. The minimum atomic E-state index is -0.596. The van der Waals surface area contributed by atoms with Gasteiger partial charge in [-0.25, -0.2) is 4.39 Å². The van der Waals surface area contributed by atoms with Crippen LogP contribution in [0.5, 0.6) is 5.75 Å². The summed E-state index contributed by atoms with van der Waals surface area (Å²) in [5, 5.41) is 2.69. The molecule has 0 atom stereocenters. The summed E-state index contributed by atoms with van der Waals surface area (Å²) in [5.74, 6) is -0.934. The summed E-state index contributed by atoms with van der Waals surface area (Å²) in [5.41, 5.74) is 1.32. The Hall–Kier alpha value is -2.89. The molecule has 1 aliphatic heterocycles. The van der Waals surface area contributed by atoms with Crippen molar-refractivity contribution in [3.8, 4) is 5.75 Å². The Bertz CT molecular complexity index is 784. The van der Waals surface area contributed by atoms with Crippen LogP contribution in [0.2, 0.25) is 0 Å². The molecule has 0 spiro atoms. The zero-order chi connectivity index (χ0) is 17.8. The number of halogens is 1. The van der Waals surface area contributed by atoms with Crippen molar-refractivity contribution in [1.82, 2.24) is 4.90 Å². The Morgan fingerprint density at radius 2 is 1.68 bits per heavy atom. The third-order valence-electron chi connectivity index (χ3n) is 4.20. The van der Waals surface area contributed by atoms with E-state index >= 15 is 0 Å². The molecule has 6 heteroatoms. The number of nitrogens with zero attached hydrogens (tertiary/aromatic N) is 1. The van der Waals surface area contributed by atoms with E-state index in [4.69, 9.17) is 4.74 Å². The number of methoxy groups -OCH3 is 1. The fraction of sp³-hybridized carbons (Fsp3) is 0.263. The van der Waals surface area contributed by atoms with E-state index in [9.17, 15) is 14.0 Å². The van der Waals surface area contributed by atoms with E-state index in [0.29, 0.717) is 11.3 Å². The van der Waals surface area contributed by atoms with E-state index in [2.05, 4.69) is 5.32 Å². The fourth-order valence-corrected chi connectivity index (χ4v) is 2.81. The monoisotopic (exact) mass is 342 g/mol. The Kier molecular flexibility index (Phi) is 4.97. The van der Waals surface area contributed by atoms with Gasteiger partial charge in [0.1, 0.15) is 0 Å². The molecule has 5 nitrogen and oxygen atoms in total. The lowest BCUT2D eigenvalue weighted by Crippen LogP contribution is -2.27. The number of benzene rings is 2. The minimum absolute atomic E-state index is 0.00704. The average molecular weight is 342 g/mol. The molecule has 130 valence electrons. The van der Waals surface area contributed by atoms with Gasteiger partial charge in [0.05, 0.1) is 7.11 Å². The molecule has 2 aromatic rings. The largest absolute Gasteiger partial charge is 0.494 e. The summed E-state index contributed by atoms with van der Waals surface area (Å²) in [4.78, 5) is 26.3. The number of ether oxygens (including phenoxy) is 1. The highest BCUT2D eigenvalue weighted by Gasteiger charge is 2.19. The first kappa shape index (κ1) is 17.0. The van der Waals surface area contributed by atoms with Gasteiger partial charge in [0.15, 0.2) is 11.6 Å². The van der Waals surface area contributed by atoms with Gasteiger partial charge < -0.3 is 15.0 Å². The molecule has 0 aliphatic carbocycles. The van der Waals surface area contributed by atoms with Gasteiger partial charge in [-0.3, -0.25) is 9.59 Å². The van der Waals surface area contributed by atoms with E-state index in [1.807, 2.05) is 4.90 Å². The molecule has 1 heterocycles. The Morgan fingerprint density at radius 3 is 2.28 bits per heavy atom. The summed E-state index contributed by atoms with van der Waals surface area (Å²) < 4.78 is 18.5. The molecule has 0 radical (unpaired) electrons. The van der Waals surface area contributed by atoms with Gasteiger partial charge in [-0.2, -0.15) is 0 Å². The van der Waals surface area contributed by atoms with Gasteiger partial charge in [0.2, 0.25) is 0 Å². The van der Waals surface area contributed by atoms with Gasteiger partial charge in [-0.15, -0.1) is 0 Å². The molecule has 0 saturated carbocycles. The molecule has 25 heavy (non-hydrogen) atoms. The molecule has 0 aromatic heterocycles. The number of rotatable bonds is 4. The Labute approximate surface area is 145 Å². The quantitative estimate of drug-likeness (QED) is 0.927. The second kappa shape index (κ2) is 7.34. The van der Waals surface area contributed by atoms with E-state index in [0.717, 1.165) is 32.0 Å². The molecule has 1 fully saturated rings. The predicted molar refractivity (Wildman–Crippen MR) is 92.5 cm³/mol. The molecular weight excluding hydrogens is 323 g/mol. The minimum Gasteiger partial charge on any atom is -0.494 e. The van der Waals surface area contributed by atoms with E-state index in [-0.39, 0.29) is 17.2 Å². The van der Waals surface area contributed by atoms with Crippen LogP contribution in [0.25, 0.3) is 0 Å².